The van der Waals surface area contributed by atoms with Gasteiger partial charge in [0.2, 0.25) is 0 Å². The summed E-state index contributed by atoms with van der Waals surface area (Å²) in [6, 6.07) is 0. The average molecular weight is 921 g/mol. The first-order chi connectivity index (χ1) is 31.0. The molecule has 64 heavy (non-hydrogen) atoms. The molecule has 0 aromatic carbocycles. The molecule has 2 aliphatic heterocycles. The second-order valence-corrected chi connectivity index (χ2v) is 18.4. The van der Waals surface area contributed by atoms with Crippen molar-refractivity contribution in [2.75, 3.05) is 26.4 Å². The van der Waals surface area contributed by atoms with Crippen LogP contribution in [0.25, 0.3) is 0 Å². The lowest BCUT2D eigenvalue weighted by Gasteiger charge is -2.42. The van der Waals surface area contributed by atoms with Crippen LogP contribution >= 0.6 is 0 Å². The Balaban J connectivity index is 1.73. The van der Waals surface area contributed by atoms with Crippen LogP contribution in [0.3, 0.4) is 0 Å². The number of hydrogen-bond acceptors (Lipinski definition) is 15. The zero-order chi connectivity index (χ0) is 46.8. The van der Waals surface area contributed by atoms with Crippen molar-refractivity contribution in [2.24, 2.45) is 0 Å². The Labute approximate surface area is 385 Å². The van der Waals surface area contributed by atoms with Gasteiger partial charge in [0, 0.05) is 12.8 Å². The molecular weight excluding hydrogens is 829 g/mol. The number of ether oxygens (including phenoxy) is 6. The Morgan fingerprint density at radius 1 is 0.438 bits per heavy atom. The van der Waals surface area contributed by atoms with Crippen molar-refractivity contribution in [1.29, 1.82) is 0 Å². The predicted molar refractivity (Wildman–Crippen MR) is 243 cm³/mol. The number of carbonyl (C=O) groups is 2. The summed E-state index contributed by atoms with van der Waals surface area (Å²) in [5.41, 5.74) is 0. The van der Waals surface area contributed by atoms with E-state index >= 15 is 0 Å². The minimum Gasteiger partial charge on any atom is -0.462 e. The van der Waals surface area contributed by atoms with Gasteiger partial charge in [-0.15, -0.1) is 0 Å². The highest BCUT2D eigenvalue weighted by molar-refractivity contribution is 5.70. The van der Waals surface area contributed by atoms with Crippen LogP contribution in [0.15, 0.2) is 0 Å². The average Bonchev–Trinajstić information content (AvgIpc) is 3.29. The highest BCUT2D eigenvalue weighted by atomic mass is 16.7. The number of aliphatic hydroxyl groups is 7. The Bertz CT molecular complexity index is 1130. The zero-order valence-corrected chi connectivity index (χ0v) is 39.8. The van der Waals surface area contributed by atoms with Crippen molar-refractivity contribution in [1.82, 2.24) is 0 Å². The minimum absolute atomic E-state index is 0.173. The lowest BCUT2D eigenvalue weighted by atomic mass is 9.98. The molecule has 2 heterocycles. The van der Waals surface area contributed by atoms with Crippen LogP contribution in [0, 0.1) is 0 Å². The summed E-state index contributed by atoms with van der Waals surface area (Å²) in [5, 5.41) is 71.9. The van der Waals surface area contributed by atoms with E-state index in [1.807, 2.05) is 0 Å². The molecule has 0 aromatic rings. The van der Waals surface area contributed by atoms with E-state index in [-0.39, 0.29) is 26.1 Å². The number of esters is 2. The van der Waals surface area contributed by atoms with E-state index in [0.717, 1.165) is 44.9 Å². The molecular formula is C49H92O15. The van der Waals surface area contributed by atoms with Gasteiger partial charge in [0.15, 0.2) is 18.7 Å². The predicted octanol–water partition coefficient (Wildman–Crippen LogP) is 6.82. The van der Waals surface area contributed by atoms with Gasteiger partial charge in [-0.3, -0.25) is 9.59 Å². The van der Waals surface area contributed by atoms with Gasteiger partial charge >= 0.3 is 11.9 Å². The molecule has 0 aliphatic carbocycles. The van der Waals surface area contributed by atoms with Crippen molar-refractivity contribution >= 4 is 11.9 Å². The molecule has 7 N–H and O–H groups in total. The van der Waals surface area contributed by atoms with Crippen molar-refractivity contribution in [3.8, 4) is 0 Å². The quantitative estimate of drug-likeness (QED) is 0.0247. The van der Waals surface area contributed by atoms with E-state index in [1.54, 1.807) is 0 Å². The summed E-state index contributed by atoms with van der Waals surface area (Å²) >= 11 is 0. The first kappa shape index (κ1) is 58.6. The number of aliphatic hydroxyl groups excluding tert-OH is 7. The molecule has 11 unspecified atom stereocenters. The van der Waals surface area contributed by atoms with Crippen molar-refractivity contribution < 1.29 is 73.8 Å². The fourth-order valence-electron chi connectivity index (χ4n) is 8.34. The highest BCUT2D eigenvalue weighted by Crippen LogP contribution is 2.26. The van der Waals surface area contributed by atoms with Gasteiger partial charge in [-0.1, -0.05) is 181 Å². The summed E-state index contributed by atoms with van der Waals surface area (Å²) in [5.74, 6) is -0.919. The number of unbranched alkanes of at least 4 members (excludes halogenated alkanes) is 26. The summed E-state index contributed by atoms with van der Waals surface area (Å²) in [6.45, 7) is 2.56. The Morgan fingerprint density at radius 2 is 0.797 bits per heavy atom. The maximum atomic E-state index is 13.0. The normalized spacial score (nSPS) is 26.5. The first-order valence-electron chi connectivity index (χ1n) is 25.6. The Kier molecular flexibility index (Phi) is 34.3. The van der Waals surface area contributed by atoms with E-state index in [0.29, 0.717) is 12.8 Å². The van der Waals surface area contributed by atoms with E-state index < -0.39 is 92.7 Å². The smallest absolute Gasteiger partial charge is 0.306 e. The maximum Gasteiger partial charge on any atom is 0.306 e. The first-order valence-corrected chi connectivity index (χ1v) is 25.6. The van der Waals surface area contributed by atoms with Gasteiger partial charge in [0.1, 0.15) is 55.4 Å². The SMILES string of the molecule is CCCCCCCCCCCCCCCCCCCCCCCC(=O)OC(COC(=O)CCCCCCCCC)COC1OC(COC2OC(CO)C(O)C(O)C2O)C(O)C(O)C1O. The molecule has 15 nitrogen and oxygen atoms in total. The van der Waals surface area contributed by atoms with Gasteiger partial charge in [0.25, 0.3) is 0 Å². The molecule has 0 radical (unpaired) electrons. The Morgan fingerprint density at radius 3 is 1.22 bits per heavy atom. The largest absolute Gasteiger partial charge is 0.462 e. The summed E-state index contributed by atoms with van der Waals surface area (Å²) in [4.78, 5) is 25.6. The van der Waals surface area contributed by atoms with Gasteiger partial charge < -0.3 is 64.2 Å². The van der Waals surface area contributed by atoms with E-state index in [1.165, 1.54) is 122 Å². The van der Waals surface area contributed by atoms with Gasteiger partial charge in [-0.2, -0.15) is 0 Å². The van der Waals surface area contributed by atoms with Crippen molar-refractivity contribution in [2.45, 2.75) is 274 Å². The second-order valence-electron chi connectivity index (χ2n) is 18.4. The second kappa shape index (κ2) is 37.5. The third-order valence-corrected chi connectivity index (χ3v) is 12.6. The fourth-order valence-corrected chi connectivity index (χ4v) is 8.34. The van der Waals surface area contributed by atoms with Gasteiger partial charge in [-0.25, -0.2) is 0 Å². The lowest BCUT2D eigenvalue weighted by Crippen LogP contribution is -2.61. The molecule has 378 valence electrons. The van der Waals surface area contributed by atoms with Crippen LogP contribution in [0.5, 0.6) is 0 Å². The Hall–Kier alpha value is -1.50. The molecule has 0 bridgehead atoms. The minimum atomic E-state index is -1.76. The number of rotatable bonds is 40. The van der Waals surface area contributed by atoms with Crippen LogP contribution in [0.2, 0.25) is 0 Å². The van der Waals surface area contributed by atoms with Gasteiger partial charge in [-0.05, 0) is 12.8 Å². The number of hydrogen-bond donors (Lipinski definition) is 7. The molecule has 0 spiro atoms. The molecule has 2 fully saturated rings. The number of carbonyl (C=O) groups excluding carboxylic acids is 2. The molecule has 0 amide bonds. The highest BCUT2D eigenvalue weighted by Gasteiger charge is 2.47. The molecule has 2 saturated heterocycles. The summed E-state index contributed by atoms with van der Waals surface area (Å²) in [6.07, 6.45) is 17.4. The third kappa shape index (κ3) is 25.6. The van der Waals surface area contributed by atoms with Crippen LogP contribution in [-0.4, -0.2) is 142 Å². The fraction of sp³-hybridized carbons (Fsp3) is 0.959. The molecule has 0 aromatic heterocycles. The molecule has 2 rings (SSSR count). The van der Waals surface area contributed by atoms with Crippen LogP contribution < -0.4 is 0 Å². The molecule has 15 heteroatoms. The summed E-state index contributed by atoms with van der Waals surface area (Å²) < 4.78 is 33.5. The molecule has 2 aliphatic rings. The van der Waals surface area contributed by atoms with Gasteiger partial charge in [0.05, 0.1) is 19.8 Å². The summed E-state index contributed by atoms with van der Waals surface area (Å²) in [7, 11) is 0. The van der Waals surface area contributed by atoms with E-state index in [2.05, 4.69) is 13.8 Å². The standard InChI is InChI=1S/C49H92O15/c1-3-5-7-9-11-12-13-14-15-16-17-18-19-20-21-22-23-24-26-28-30-32-41(52)62-37(34-59-40(51)31-29-27-25-10-8-6-4-2)35-60-48-47(58)45(56)43(54)39(64-48)36-61-49-46(57)44(55)42(53)38(33-50)63-49/h37-39,42-50,53-58H,3-36H2,1-2H3. The van der Waals surface area contributed by atoms with Crippen LogP contribution in [0.1, 0.15) is 206 Å². The topological polar surface area (TPSA) is 231 Å². The zero-order valence-electron chi connectivity index (χ0n) is 39.8. The molecule has 0 saturated carbocycles. The van der Waals surface area contributed by atoms with E-state index in [9.17, 15) is 45.3 Å². The van der Waals surface area contributed by atoms with Crippen LogP contribution in [0.4, 0.5) is 0 Å². The van der Waals surface area contributed by atoms with Crippen molar-refractivity contribution in [3.05, 3.63) is 0 Å². The van der Waals surface area contributed by atoms with E-state index in [4.69, 9.17) is 28.4 Å². The molecule has 11 atom stereocenters. The third-order valence-electron chi connectivity index (χ3n) is 12.6. The monoisotopic (exact) mass is 921 g/mol. The van der Waals surface area contributed by atoms with Crippen LogP contribution in [-0.2, 0) is 38.0 Å². The lowest BCUT2D eigenvalue weighted by molar-refractivity contribution is -0.332. The van der Waals surface area contributed by atoms with Crippen molar-refractivity contribution in [3.63, 3.8) is 0 Å². The maximum absolute atomic E-state index is 13.0.